The molecule has 3 aliphatic heterocycles. The van der Waals surface area contributed by atoms with Gasteiger partial charge in [0.25, 0.3) is 5.91 Å². The average Bonchev–Trinajstić information content (AvgIpc) is 3.83. The van der Waals surface area contributed by atoms with Crippen LogP contribution in [-0.4, -0.2) is 94.8 Å². The topological polar surface area (TPSA) is 164 Å². The van der Waals surface area contributed by atoms with Gasteiger partial charge in [0.15, 0.2) is 6.29 Å². The van der Waals surface area contributed by atoms with Gasteiger partial charge in [-0.1, -0.05) is 74.5 Å². The van der Waals surface area contributed by atoms with Gasteiger partial charge in [-0.3, -0.25) is 15.2 Å². The number of benzene rings is 2. The van der Waals surface area contributed by atoms with Crippen molar-refractivity contribution in [3.8, 4) is 11.3 Å². The zero-order valence-corrected chi connectivity index (χ0v) is 27.4. The maximum Gasteiger partial charge on any atom is 0.426 e. The van der Waals surface area contributed by atoms with E-state index in [1.165, 1.54) is 5.06 Å². The number of alkyl carbamates (subject to hydrolysis) is 1. The van der Waals surface area contributed by atoms with Gasteiger partial charge in [-0.15, -0.1) is 5.06 Å². The molecule has 0 aliphatic carbocycles. The van der Waals surface area contributed by atoms with E-state index in [2.05, 4.69) is 21.0 Å². The number of fused-ring (bicyclic) bond motifs is 1. The van der Waals surface area contributed by atoms with Crippen LogP contribution < -0.4 is 16.1 Å². The highest BCUT2D eigenvalue weighted by atomic mass is 16.8. The van der Waals surface area contributed by atoms with Gasteiger partial charge in [0.2, 0.25) is 0 Å². The van der Waals surface area contributed by atoms with Gasteiger partial charge in [-0.2, -0.15) is 0 Å². The van der Waals surface area contributed by atoms with E-state index >= 15 is 0 Å². The molecule has 3 aromatic rings. The van der Waals surface area contributed by atoms with Crippen LogP contribution in [0.15, 0.2) is 79.0 Å². The Kier molecular flexibility index (Phi) is 11.0. The molecule has 1 aromatic heterocycles. The van der Waals surface area contributed by atoms with Crippen molar-refractivity contribution in [2.24, 2.45) is 5.92 Å². The van der Waals surface area contributed by atoms with Crippen LogP contribution in [0.1, 0.15) is 31.4 Å². The van der Waals surface area contributed by atoms with Gasteiger partial charge in [0.1, 0.15) is 24.9 Å². The first-order valence-electron chi connectivity index (χ1n) is 16.5. The standard InChI is InChI=1S/C35H42N6O8/c1-22(2)31-30(38-34(44)48-31)32(43)39-40(19-24-11-13-25(14-12-24)26-10-6-7-16-36-26)20-29(42)27(18-23-8-4-3-5-9-23)37-35(45)49-41-21-47-33-28(41)15-17-46-33/h3-14,16,22,27-31,33,42H,15,17-21H2,1-2H3,(H,37,45)(H,38,44)(H,39,43)/t27-,28+,29-,30-,31+,33+/m0/s1. The molecule has 0 unspecified atom stereocenters. The monoisotopic (exact) mass is 674 g/mol. The second-order valence-corrected chi connectivity index (χ2v) is 12.7. The highest BCUT2D eigenvalue weighted by molar-refractivity contribution is 5.88. The third kappa shape index (κ3) is 8.71. The minimum Gasteiger partial charge on any atom is -0.443 e. The van der Waals surface area contributed by atoms with E-state index in [0.29, 0.717) is 13.0 Å². The number of ether oxygens (including phenoxy) is 3. The van der Waals surface area contributed by atoms with Crippen LogP contribution in [0.3, 0.4) is 0 Å². The summed E-state index contributed by atoms with van der Waals surface area (Å²) in [5.74, 6) is -0.610. The zero-order valence-electron chi connectivity index (χ0n) is 27.4. The van der Waals surface area contributed by atoms with Gasteiger partial charge >= 0.3 is 12.2 Å². The summed E-state index contributed by atoms with van der Waals surface area (Å²) < 4.78 is 16.4. The molecular formula is C35H42N6O8. The summed E-state index contributed by atoms with van der Waals surface area (Å²) >= 11 is 0. The van der Waals surface area contributed by atoms with E-state index in [1.807, 2.05) is 86.6 Å². The number of hydroxylamine groups is 2. The molecule has 49 heavy (non-hydrogen) atoms. The van der Waals surface area contributed by atoms with Crippen molar-refractivity contribution in [3.05, 3.63) is 90.1 Å². The summed E-state index contributed by atoms with van der Waals surface area (Å²) in [5.41, 5.74) is 6.36. The largest absolute Gasteiger partial charge is 0.443 e. The Morgan fingerprint density at radius 3 is 2.57 bits per heavy atom. The molecule has 2 aromatic carbocycles. The third-order valence-corrected chi connectivity index (χ3v) is 8.76. The molecule has 0 bridgehead atoms. The Morgan fingerprint density at radius 1 is 1.06 bits per heavy atom. The molecular weight excluding hydrogens is 632 g/mol. The Labute approximate surface area is 284 Å². The lowest BCUT2D eigenvalue weighted by molar-refractivity contribution is -0.135. The van der Waals surface area contributed by atoms with Crippen LogP contribution in [0.5, 0.6) is 0 Å². The molecule has 3 fully saturated rings. The lowest BCUT2D eigenvalue weighted by atomic mass is 10.00. The number of hydrazine groups is 1. The van der Waals surface area contributed by atoms with Crippen molar-refractivity contribution >= 4 is 18.1 Å². The minimum atomic E-state index is -1.17. The number of carbonyl (C=O) groups is 3. The fourth-order valence-electron chi connectivity index (χ4n) is 6.20. The molecule has 3 saturated heterocycles. The van der Waals surface area contributed by atoms with Gasteiger partial charge in [-0.25, -0.2) is 14.6 Å². The smallest absolute Gasteiger partial charge is 0.426 e. The maximum atomic E-state index is 13.6. The Bertz CT molecular complexity index is 1560. The molecule has 14 heteroatoms. The molecule has 3 amide bonds. The van der Waals surface area contributed by atoms with Crippen molar-refractivity contribution in [2.45, 2.75) is 69.9 Å². The quantitative estimate of drug-likeness (QED) is 0.197. The van der Waals surface area contributed by atoms with Crippen LogP contribution in [0, 0.1) is 5.92 Å². The summed E-state index contributed by atoms with van der Waals surface area (Å²) in [6.45, 7) is 4.44. The predicted molar refractivity (Wildman–Crippen MR) is 176 cm³/mol. The fraction of sp³-hybridized carbons (Fsp3) is 0.429. The molecule has 0 saturated carbocycles. The molecule has 0 radical (unpaired) electrons. The first kappa shape index (κ1) is 34.3. The second kappa shape index (κ2) is 15.7. The van der Waals surface area contributed by atoms with Crippen LogP contribution >= 0.6 is 0 Å². The number of aromatic nitrogens is 1. The number of cyclic esters (lactones) is 1. The lowest BCUT2D eigenvalue weighted by Gasteiger charge is -2.32. The van der Waals surface area contributed by atoms with Crippen molar-refractivity contribution in [1.82, 2.24) is 31.1 Å². The Morgan fingerprint density at radius 2 is 1.84 bits per heavy atom. The molecule has 6 atom stereocenters. The van der Waals surface area contributed by atoms with Gasteiger partial charge in [0, 0.05) is 24.8 Å². The number of amides is 3. The number of aliphatic hydroxyl groups is 1. The average molecular weight is 675 g/mol. The molecule has 0 spiro atoms. The number of hydrogen-bond acceptors (Lipinski definition) is 11. The fourth-order valence-corrected chi connectivity index (χ4v) is 6.20. The summed E-state index contributed by atoms with van der Waals surface area (Å²) in [4.78, 5) is 48.9. The molecule has 4 N–H and O–H groups in total. The van der Waals surface area contributed by atoms with E-state index < -0.39 is 48.7 Å². The second-order valence-electron chi connectivity index (χ2n) is 12.7. The van der Waals surface area contributed by atoms with Gasteiger partial charge in [-0.05, 0) is 42.0 Å². The molecule has 14 nitrogen and oxygen atoms in total. The number of hydrogen-bond donors (Lipinski definition) is 4. The summed E-state index contributed by atoms with van der Waals surface area (Å²) in [6.07, 6.45) is -1.03. The van der Waals surface area contributed by atoms with Crippen molar-refractivity contribution in [2.75, 3.05) is 19.9 Å². The van der Waals surface area contributed by atoms with Crippen molar-refractivity contribution in [3.63, 3.8) is 0 Å². The van der Waals surface area contributed by atoms with Gasteiger partial charge in [0.05, 0.1) is 24.4 Å². The van der Waals surface area contributed by atoms with Gasteiger partial charge < -0.3 is 34.8 Å². The number of pyridine rings is 1. The van der Waals surface area contributed by atoms with E-state index in [1.54, 1.807) is 11.2 Å². The summed E-state index contributed by atoms with van der Waals surface area (Å²) in [5, 5.41) is 20.2. The number of aliphatic hydroxyl groups excluding tert-OH is 1. The number of nitrogens with one attached hydrogen (secondary N) is 3. The number of nitrogens with zero attached hydrogens (tertiary/aromatic N) is 3. The zero-order chi connectivity index (χ0) is 34.3. The first-order valence-corrected chi connectivity index (χ1v) is 16.5. The Balaban J connectivity index is 1.19. The van der Waals surface area contributed by atoms with E-state index in [-0.39, 0.29) is 38.2 Å². The van der Waals surface area contributed by atoms with Crippen molar-refractivity contribution in [1.29, 1.82) is 0 Å². The summed E-state index contributed by atoms with van der Waals surface area (Å²) in [7, 11) is 0. The Hall–Kier alpha value is -4.60. The van der Waals surface area contributed by atoms with E-state index in [9.17, 15) is 19.5 Å². The van der Waals surface area contributed by atoms with Crippen LogP contribution in [0.2, 0.25) is 0 Å². The molecule has 3 aliphatic rings. The number of rotatable bonds is 13. The highest BCUT2D eigenvalue weighted by Crippen LogP contribution is 2.27. The third-order valence-electron chi connectivity index (χ3n) is 8.76. The van der Waals surface area contributed by atoms with Crippen LogP contribution in [0.25, 0.3) is 11.3 Å². The van der Waals surface area contributed by atoms with E-state index in [4.69, 9.17) is 19.0 Å². The lowest BCUT2D eigenvalue weighted by Crippen LogP contribution is -2.57. The normalized spacial score (nSPS) is 23.1. The first-order chi connectivity index (χ1) is 23.7. The minimum absolute atomic E-state index is 0.0758. The maximum absolute atomic E-state index is 13.6. The van der Waals surface area contributed by atoms with Crippen LogP contribution in [-0.2, 0) is 36.8 Å². The van der Waals surface area contributed by atoms with E-state index in [0.717, 1.165) is 22.4 Å². The predicted octanol–water partition coefficient (Wildman–Crippen LogP) is 2.73. The molecule has 260 valence electrons. The molecule has 6 rings (SSSR count). The highest BCUT2D eigenvalue weighted by Gasteiger charge is 2.43. The summed E-state index contributed by atoms with van der Waals surface area (Å²) in [6, 6.07) is 20.9. The van der Waals surface area contributed by atoms with Crippen molar-refractivity contribution < 1.29 is 38.5 Å². The molecule has 4 heterocycles. The SMILES string of the molecule is CC(C)[C@H]1OC(=O)N[C@@H]1C(=O)NN(Cc1ccc(-c2ccccn2)cc1)C[C@H](O)[C@H](Cc1ccccc1)NC(=O)ON1CO[C@H]2OCC[C@H]21. The number of carbonyl (C=O) groups excluding carboxylic acids is 3. The van der Waals surface area contributed by atoms with Crippen LogP contribution in [0.4, 0.5) is 9.59 Å².